The van der Waals surface area contributed by atoms with Crippen LogP contribution in [0.2, 0.25) is 0 Å². The molecule has 3 heteroatoms. The molecule has 0 spiro atoms. The Kier molecular flexibility index (Phi) is 4.17. The normalized spacial score (nSPS) is 15.7. The molecule has 136 valence electrons. The van der Waals surface area contributed by atoms with E-state index in [1.54, 1.807) is 0 Å². The third kappa shape index (κ3) is 2.92. The molecule has 1 aliphatic carbocycles. The fourth-order valence-corrected chi connectivity index (χ4v) is 4.62. The van der Waals surface area contributed by atoms with E-state index in [2.05, 4.69) is 58.7 Å². The smallest absolute Gasteiger partial charge is 0.251 e. The van der Waals surface area contributed by atoms with Gasteiger partial charge < -0.3 is 10.2 Å². The molecule has 1 heterocycles. The Morgan fingerprint density at radius 3 is 2.67 bits per heavy atom. The summed E-state index contributed by atoms with van der Waals surface area (Å²) in [5, 5.41) is 5.54. The van der Waals surface area contributed by atoms with Crippen molar-refractivity contribution in [1.82, 2.24) is 10.2 Å². The van der Waals surface area contributed by atoms with Crippen LogP contribution in [0.5, 0.6) is 0 Å². The molecule has 1 saturated heterocycles. The van der Waals surface area contributed by atoms with Gasteiger partial charge in [0.15, 0.2) is 0 Å². The molecule has 2 aliphatic rings. The van der Waals surface area contributed by atoms with Crippen molar-refractivity contribution < 1.29 is 4.79 Å². The van der Waals surface area contributed by atoms with Gasteiger partial charge >= 0.3 is 0 Å². The van der Waals surface area contributed by atoms with Crippen molar-refractivity contribution in [3.63, 3.8) is 0 Å². The molecule has 3 aromatic rings. The molecule has 0 saturated carbocycles. The molecule has 0 radical (unpaired) electrons. The minimum atomic E-state index is 0.0593. The Morgan fingerprint density at radius 1 is 1.00 bits per heavy atom. The maximum Gasteiger partial charge on any atom is 0.251 e. The van der Waals surface area contributed by atoms with Crippen LogP contribution in [-0.2, 0) is 6.42 Å². The number of benzene rings is 3. The molecule has 27 heavy (non-hydrogen) atoms. The number of amides is 1. The predicted octanol–water partition coefficient (Wildman–Crippen LogP) is 4.24. The number of carbonyl (C=O) groups excluding carboxylic acids is 1. The molecule has 3 aromatic carbocycles. The Bertz CT molecular complexity index is 1020. The van der Waals surface area contributed by atoms with Crippen molar-refractivity contribution in [1.29, 1.82) is 0 Å². The van der Waals surface area contributed by atoms with E-state index in [1.807, 2.05) is 6.07 Å². The number of fused-ring (bicyclic) bond motifs is 5. The van der Waals surface area contributed by atoms with Crippen LogP contribution in [0.4, 0.5) is 0 Å². The second kappa shape index (κ2) is 6.82. The van der Waals surface area contributed by atoms with Crippen LogP contribution in [-0.4, -0.2) is 37.0 Å². The fourth-order valence-electron chi connectivity index (χ4n) is 4.62. The Labute approximate surface area is 160 Å². The molecule has 1 N–H and O–H groups in total. The van der Waals surface area contributed by atoms with Crippen molar-refractivity contribution in [3.8, 4) is 11.1 Å². The van der Waals surface area contributed by atoms with Gasteiger partial charge in [-0.1, -0.05) is 48.5 Å². The lowest BCUT2D eigenvalue weighted by Crippen LogP contribution is -2.33. The molecule has 1 aliphatic heterocycles. The largest absolute Gasteiger partial charge is 0.351 e. The van der Waals surface area contributed by atoms with Crippen LogP contribution >= 0.6 is 0 Å². The van der Waals surface area contributed by atoms with Crippen molar-refractivity contribution in [2.45, 2.75) is 19.3 Å². The van der Waals surface area contributed by atoms with Crippen molar-refractivity contribution in [2.75, 3.05) is 26.2 Å². The summed E-state index contributed by atoms with van der Waals surface area (Å²) in [6.45, 7) is 3.99. The van der Waals surface area contributed by atoms with Gasteiger partial charge in [-0.25, -0.2) is 0 Å². The molecular formula is C24H24N2O. The highest BCUT2D eigenvalue weighted by atomic mass is 16.1. The molecule has 5 rings (SSSR count). The summed E-state index contributed by atoms with van der Waals surface area (Å²) in [5.74, 6) is 0.0593. The average Bonchev–Trinajstić information content (AvgIpc) is 3.35. The van der Waals surface area contributed by atoms with Crippen LogP contribution in [0, 0.1) is 0 Å². The molecule has 3 nitrogen and oxygen atoms in total. The first-order chi connectivity index (χ1) is 13.3. The van der Waals surface area contributed by atoms with E-state index in [-0.39, 0.29) is 5.91 Å². The standard InChI is InChI=1S/C24H24N2O/c27-24(25-11-14-26-12-5-6-13-26)22-16-18-8-2-4-10-20(18)23-19-9-3-1-7-17(19)15-21(22)23/h1-4,7-10,16H,5-6,11-15H2,(H,25,27). The lowest BCUT2D eigenvalue weighted by molar-refractivity contribution is 0.0949. The zero-order valence-electron chi connectivity index (χ0n) is 15.5. The first-order valence-electron chi connectivity index (χ1n) is 9.95. The van der Waals surface area contributed by atoms with Crippen molar-refractivity contribution in [3.05, 3.63) is 71.3 Å². The summed E-state index contributed by atoms with van der Waals surface area (Å²) in [6.07, 6.45) is 3.40. The topological polar surface area (TPSA) is 32.3 Å². The minimum Gasteiger partial charge on any atom is -0.351 e. The molecule has 0 unspecified atom stereocenters. The zero-order chi connectivity index (χ0) is 18.2. The van der Waals surface area contributed by atoms with Gasteiger partial charge in [0, 0.05) is 18.7 Å². The zero-order valence-corrected chi connectivity index (χ0v) is 15.5. The Morgan fingerprint density at radius 2 is 1.78 bits per heavy atom. The van der Waals surface area contributed by atoms with Gasteiger partial charge in [0.05, 0.1) is 0 Å². The van der Waals surface area contributed by atoms with Crippen LogP contribution in [0.15, 0.2) is 54.6 Å². The van der Waals surface area contributed by atoms with Gasteiger partial charge in [-0.15, -0.1) is 0 Å². The fraction of sp³-hybridized carbons (Fsp3) is 0.292. The highest BCUT2D eigenvalue weighted by Crippen LogP contribution is 2.43. The van der Waals surface area contributed by atoms with Crippen LogP contribution in [0.25, 0.3) is 21.9 Å². The quantitative estimate of drug-likeness (QED) is 0.593. The van der Waals surface area contributed by atoms with E-state index in [0.29, 0.717) is 6.54 Å². The van der Waals surface area contributed by atoms with E-state index < -0.39 is 0 Å². The molecular weight excluding hydrogens is 332 g/mol. The number of nitrogens with zero attached hydrogens (tertiary/aromatic N) is 1. The predicted molar refractivity (Wildman–Crippen MR) is 110 cm³/mol. The molecule has 0 atom stereocenters. The summed E-state index contributed by atoms with van der Waals surface area (Å²) < 4.78 is 0. The maximum absolute atomic E-state index is 13.0. The van der Waals surface area contributed by atoms with Gasteiger partial charge in [-0.2, -0.15) is 0 Å². The highest BCUT2D eigenvalue weighted by molar-refractivity contribution is 6.09. The maximum atomic E-state index is 13.0. The van der Waals surface area contributed by atoms with Gasteiger partial charge in [0.1, 0.15) is 0 Å². The van der Waals surface area contributed by atoms with Gasteiger partial charge in [-0.3, -0.25) is 4.79 Å². The number of nitrogens with one attached hydrogen (secondary N) is 1. The van der Waals surface area contributed by atoms with Crippen LogP contribution < -0.4 is 5.32 Å². The highest BCUT2D eigenvalue weighted by Gasteiger charge is 2.26. The Hall–Kier alpha value is -2.65. The van der Waals surface area contributed by atoms with Crippen molar-refractivity contribution >= 4 is 16.7 Å². The van der Waals surface area contributed by atoms with Gasteiger partial charge in [-0.05, 0) is 71.4 Å². The third-order valence-electron chi connectivity index (χ3n) is 5.97. The number of likely N-dealkylation sites (tertiary alicyclic amines) is 1. The van der Waals surface area contributed by atoms with E-state index in [9.17, 15) is 4.79 Å². The SMILES string of the molecule is O=C(NCCN1CCCC1)c1cc2ccccc2c2c1Cc1ccccc1-2. The molecule has 1 amide bonds. The van der Waals surface area contributed by atoms with Crippen LogP contribution in [0.1, 0.15) is 34.3 Å². The number of hydrogen-bond acceptors (Lipinski definition) is 2. The molecule has 1 fully saturated rings. The molecule has 0 bridgehead atoms. The van der Waals surface area contributed by atoms with E-state index in [1.165, 1.54) is 40.5 Å². The lowest BCUT2D eigenvalue weighted by Gasteiger charge is -2.16. The average molecular weight is 356 g/mol. The molecule has 0 aromatic heterocycles. The summed E-state index contributed by atoms with van der Waals surface area (Å²) in [7, 11) is 0. The van der Waals surface area contributed by atoms with Crippen LogP contribution in [0.3, 0.4) is 0 Å². The second-order valence-corrected chi connectivity index (χ2v) is 7.64. The first kappa shape index (κ1) is 16.5. The summed E-state index contributed by atoms with van der Waals surface area (Å²) in [6, 6.07) is 19.0. The Balaban J connectivity index is 1.50. The van der Waals surface area contributed by atoms with Gasteiger partial charge in [0.2, 0.25) is 0 Å². The third-order valence-corrected chi connectivity index (χ3v) is 5.97. The van der Waals surface area contributed by atoms with E-state index in [4.69, 9.17) is 0 Å². The number of carbonyl (C=O) groups is 1. The second-order valence-electron chi connectivity index (χ2n) is 7.64. The van der Waals surface area contributed by atoms with E-state index >= 15 is 0 Å². The lowest BCUT2D eigenvalue weighted by atomic mass is 9.93. The number of rotatable bonds is 4. The van der Waals surface area contributed by atoms with Crippen molar-refractivity contribution in [2.24, 2.45) is 0 Å². The minimum absolute atomic E-state index is 0.0593. The summed E-state index contributed by atoms with van der Waals surface area (Å²) in [4.78, 5) is 15.5. The van der Waals surface area contributed by atoms with Gasteiger partial charge in [0.25, 0.3) is 5.91 Å². The summed E-state index contributed by atoms with van der Waals surface area (Å²) >= 11 is 0. The monoisotopic (exact) mass is 356 g/mol. The van der Waals surface area contributed by atoms with E-state index in [0.717, 1.165) is 37.0 Å². The first-order valence-corrected chi connectivity index (χ1v) is 9.95. The summed E-state index contributed by atoms with van der Waals surface area (Å²) in [5.41, 5.74) is 5.84. The number of hydrogen-bond donors (Lipinski definition) is 1.